The number of rotatable bonds is 59. The van der Waals surface area contributed by atoms with Crippen LogP contribution in [-0.4, -0.2) is 47.4 Å². The number of amides is 1. The predicted octanol–water partition coefficient (Wildman–Crippen LogP) is 20.0. The van der Waals surface area contributed by atoms with Gasteiger partial charge in [0.2, 0.25) is 5.91 Å². The number of allylic oxidation sites excluding steroid dienone is 6. The van der Waals surface area contributed by atoms with Gasteiger partial charge in [0.25, 0.3) is 0 Å². The van der Waals surface area contributed by atoms with Crippen LogP contribution in [0.2, 0.25) is 0 Å². The Morgan fingerprint density at radius 1 is 0.394 bits per heavy atom. The Labute approximate surface area is 443 Å². The van der Waals surface area contributed by atoms with Crippen molar-refractivity contribution < 1.29 is 24.5 Å². The van der Waals surface area contributed by atoms with Crippen LogP contribution in [0.15, 0.2) is 36.5 Å². The lowest BCUT2D eigenvalue weighted by Gasteiger charge is -2.22. The Morgan fingerprint density at radius 3 is 1.10 bits per heavy atom. The van der Waals surface area contributed by atoms with E-state index in [2.05, 4.69) is 55.6 Å². The number of carbonyl (C=O) groups excluding carboxylic acids is 2. The van der Waals surface area contributed by atoms with Gasteiger partial charge < -0.3 is 20.3 Å². The molecule has 0 aromatic carbocycles. The molecule has 0 saturated carbocycles. The molecule has 0 radical (unpaired) electrons. The number of esters is 1. The second-order valence-electron chi connectivity index (χ2n) is 21.7. The molecule has 0 spiro atoms. The summed E-state index contributed by atoms with van der Waals surface area (Å²) in [5.74, 6) is -0.0453. The van der Waals surface area contributed by atoms with E-state index in [9.17, 15) is 19.8 Å². The molecule has 2 unspecified atom stereocenters. The number of aliphatic hydroxyl groups is 2. The van der Waals surface area contributed by atoms with Gasteiger partial charge in [-0.1, -0.05) is 281 Å². The fourth-order valence-electron chi connectivity index (χ4n) is 9.78. The van der Waals surface area contributed by atoms with E-state index in [0.29, 0.717) is 25.9 Å². The first kappa shape index (κ1) is 69.1. The normalized spacial score (nSPS) is 12.8. The summed E-state index contributed by atoms with van der Waals surface area (Å²) in [5, 5.41) is 23.3. The van der Waals surface area contributed by atoms with Gasteiger partial charge in [0.1, 0.15) is 0 Å². The molecule has 0 rings (SSSR count). The van der Waals surface area contributed by atoms with Crippen LogP contribution in [0.25, 0.3) is 0 Å². The van der Waals surface area contributed by atoms with Crippen LogP contribution in [0.3, 0.4) is 0 Å². The second-order valence-corrected chi connectivity index (χ2v) is 21.7. The quantitative estimate of drug-likeness (QED) is 0.0321. The standard InChI is InChI=1S/C65H123NO5/c1-3-5-7-9-11-13-15-17-18-19-27-30-34-37-41-45-49-53-57-63(68)62(61-67)66-64(69)58-54-50-46-42-38-35-31-28-25-23-21-20-22-24-26-29-32-36-40-44-48-52-56-60-71-65(70)59-55-51-47-43-39-33-16-14-12-10-8-6-4-2/h14,16,20,22-23,25,62-63,67-68H,3-13,15,17-19,21,24,26-61H2,1-2H3,(H,66,69)/b16-14-,22-20-,25-23-. The van der Waals surface area contributed by atoms with Gasteiger partial charge in [-0.3, -0.25) is 9.59 Å². The van der Waals surface area contributed by atoms with Gasteiger partial charge in [-0.2, -0.15) is 0 Å². The molecule has 0 aliphatic heterocycles. The zero-order valence-electron chi connectivity index (χ0n) is 47.7. The van der Waals surface area contributed by atoms with Crippen LogP contribution in [0.5, 0.6) is 0 Å². The van der Waals surface area contributed by atoms with Crippen LogP contribution < -0.4 is 5.32 Å². The third-order valence-corrected chi connectivity index (χ3v) is 14.7. The summed E-state index contributed by atoms with van der Waals surface area (Å²) in [5.41, 5.74) is 0. The molecule has 2 atom stereocenters. The highest BCUT2D eigenvalue weighted by Crippen LogP contribution is 2.17. The number of ether oxygens (including phenoxy) is 1. The van der Waals surface area contributed by atoms with Gasteiger partial charge in [0.05, 0.1) is 25.4 Å². The number of carbonyl (C=O) groups is 2. The highest BCUT2D eigenvalue weighted by Gasteiger charge is 2.20. The Hall–Kier alpha value is -1.92. The summed E-state index contributed by atoms with van der Waals surface area (Å²) in [6.45, 7) is 4.94. The third-order valence-electron chi connectivity index (χ3n) is 14.7. The molecule has 1 amide bonds. The van der Waals surface area contributed by atoms with E-state index in [1.807, 2.05) is 0 Å². The van der Waals surface area contributed by atoms with Crippen LogP contribution in [-0.2, 0) is 14.3 Å². The molecule has 0 aliphatic carbocycles. The molecule has 0 saturated heterocycles. The summed E-state index contributed by atoms with van der Waals surface area (Å²) in [4.78, 5) is 24.5. The minimum Gasteiger partial charge on any atom is -0.466 e. The van der Waals surface area contributed by atoms with E-state index in [0.717, 1.165) is 57.8 Å². The minimum absolute atomic E-state index is 0.00206. The predicted molar refractivity (Wildman–Crippen MR) is 310 cm³/mol. The molecule has 0 aromatic heterocycles. The molecule has 0 aromatic rings. The fraction of sp³-hybridized carbons (Fsp3) is 0.877. The SMILES string of the molecule is CCCCCC/C=C\CCCCCCCC(=O)OCCCCCCCCCCC/C=C\C/C=C\CCCCCCCCCC(=O)NC(CO)C(O)CCCCCCCCCCCCCCCCCCCC. The van der Waals surface area contributed by atoms with Gasteiger partial charge in [0, 0.05) is 12.8 Å². The molecular formula is C65H123NO5. The lowest BCUT2D eigenvalue weighted by molar-refractivity contribution is -0.143. The average Bonchev–Trinajstić information content (AvgIpc) is 3.37. The topological polar surface area (TPSA) is 95.9 Å². The van der Waals surface area contributed by atoms with Crippen molar-refractivity contribution in [1.82, 2.24) is 5.32 Å². The first-order valence-electron chi connectivity index (χ1n) is 31.7. The largest absolute Gasteiger partial charge is 0.466 e. The summed E-state index contributed by atoms with van der Waals surface area (Å²) in [6.07, 6.45) is 75.8. The number of nitrogens with one attached hydrogen (secondary N) is 1. The fourth-order valence-corrected chi connectivity index (χ4v) is 9.78. The second kappa shape index (κ2) is 60.6. The molecule has 0 fully saturated rings. The average molecular weight is 999 g/mol. The first-order chi connectivity index (χ1) is 35.0. The molecular weight excluding hydrogens is 875 g/mol. The van der Waals surface area contributed by atoms with Crippen molar-refractivity contribution in [2.24, 2.45) is 0 Å². The van der Waals surface area contributed by atoms with Gasteiger partial charge in [-0.15, -0.1) is 0 Å². The van der Waals surface area contributed by atoms with E-state index < -0.39 is 12.1 Å². The maximum absolute atomic E-state index is 12.5. The van der Waals surface area contributed by atoms with Gasteiger partial charge in [-0.05, 0) is 83.5 Å². The van der Waals surface area contributed by atoms with E-state index >= 15 is 0 Å². The molecule has 418 valence electrons. The molecule has 6 nitrogen and oxygen atoms in total. The van der Waals surface area contributed by atoms with Crippen molar-refractivity contribution >= 4 is 11.9 Å². The number of hydrogen-bond donors (Lipinski definition) is 3. The van der Waals surface area contributed by atoms with Crippen molar-refractivity contribution in [3.63, 3.8) is 0 Å². The highest BCUT2D eigenvalue weighted by molar-refractivity contribution is 5.76. The summed E-state index contributed by atoms with van der Waals surface area (Å²) in [7, 11) is 0. The third kappa shape index (κ3) is 57.2. The number of aliphatic hydroxyl groups excluding tert-OH is 2. The molecule has 6 heteroatoms. The number of unbranched alkanes of at least 4 members (excludes halogenated alkanes) is 42. The van der Waals surface area contributed by atoms with Crippen molar-refractivity contribution in [2.45, 2.75) is 353 Å². The van der Waals surface area contributed by atoms with Crippen LogP contribution in [0.1, 0.15) is 341 Å². The summed E-state index contributed by atoms with van der Waals surface area (Å²) >= 11 is 0. The molecule has 0 heterocycles. The maximum Gasteiger partial charge on any atom is 0.305 e. The Bertz CT molecular complexity index is 1150. The van der Waals surface area contributed by atoms with E-state index in [1.54, 1.807) is 0 Å². The van der Waals surface area contributed by atoms with Crippen LogP contribution in [0, 0.1) is 0 Å². The van der Waals surface area contributed by atoms with Gasteiger partial charge >= 0.3 is 5.97 Å². The van der Waals surface area contributed by atoms with Crippen LogP contribution in [0.4, 0.5) is 0 Å². The van der Waals surface area contributed by atoms with E-state index in [4.69, 9.17) is 4.74 Å². The Morgan fingerprint density at radius 2 is 0.704 bits per heavy atom. The lowest BCUT2D eigenvalue weighted by Crippen LogP contribution is -2.45. The summed E-state index contributed by atoms with van der Waals surface area (Å²) in [6, 6.07) is -0.550. The van der Waals surface area contributed by atoms with Crippen molar-refractivity contribution in [1.29, 1.82) is 0 Å². The molecule has 3 N–H and O–H groups in total. The highest BCUT2D eigenvalue weighted by atomic mass is 16.5. The zero-order chi connectivity index (χ0) is 51.4. The minimum atomic E-state index is -0.672. The molecule has 0 aliphatic rings. The Balaban J connectivity index is 3.46. The van der Waals surface area contributed by atoms with Crippen molar-refractivity contribution in [2.75, 3.05) is 13.2 Å². The lowest BCUT2D eigenvalue weighted by atomic mass is 10.0. The van der Waals surface area contributed by atoms with Gasteiger partial charge in [0.15, 0.2) is 0 Å². The van der Waals surface area contributed by atoms with Crippen molar-refractivity contribution in [3.05, 3.63) is 36.5 Å². The van der Waals surface area contributed by atoms with E-state index in [-0.39, 0.29) is 18.5 Å². The monoisotopic (exact) mass is 998 g/mol. The van der Waals surface area contributed by atoms with Crippen molar-refractivity contribution in [3.8, 4) is 0 Å². The summed E-state index contributed by atoms with van der Waals surface area (Å²) < 4.78 is 5.47. The van der Waals surface area contributed by atoms with Gasteiger partial charge in [-0.25, -0.2) is 0 Å². The molecule has 0 bridgehead atoms. The number of hydrogen-bond acceptors (Lipinski definition) is 5. The van der Waals surface area contributed by atoms with E-state index in [1.165, 1.54) is 250 Å². The Kier molecular flexibility index (Phi) is 59.0. The zero-order valence-corrected chi connectivity index (χ0v) is 47.7. The van der Waals surface area contributed by atoms with Crippen LogP contribution >= 0.6 is 0 Å². The maximum atomic E-state index is 12.5. The smallest absolute Gasteiger partial charge is 0.305 e. The molecule has 71 heavy (non-hydrogen) atoms. The first-order valence-corrected chi connectivity index (χ1v) is 31.7.